The number of nitrogens with zero attached hydrogens (tertiary/aromatic N) is 1. The minimum Gasteiger partial charge on any atom is -0.351 e. The summed E-state index contributed by atoms with van der Waals surface area (Å²) in [6.07, 6.45) is 1.94. The first-order valence-corrected chi connectivity index (χ1v) is 5.71. The fourth-order valence-electron chi connectivity index (χ4n) is 1.93. The molecule has 1 aromatic carbocycles. The molecular formula is C13H12F2N2O. The van der Waals surface area contributed by atoms with Crippen LogP contribution in [0.15, 0.2) is 18.2 Å². The number of nitriles is 1. The van der Waals surface area contributed by atoms with Crippen molar-refractivity contribution in [3.8, 4) is 6.07 Å². The average molecular weight is 250 g/mol. The van der Waals surface area contributed by atoms with Crippen molar-refractivity contribution in [2.24, 2.45) is 5.41 Å². The van der Waals surface area contributed by atoms with Crippen molar-refractivity contribution in [3.63, 3.8) is 0 Å². The van der Waals surface area contributed by atoms with Crippen molar-refractivity contribution in [2.75, 3.05) is 0 Å². The van der Waals surface area contributed by atoms with Crippen LogP contribution in [0.5, 0.6) is 0 Å². The SMILES string of the molecule is N#CC1(C(=O)NCc2ccc(F)cc2F)CCC1. The fraction of sp³-hybridized carbons (Fsp3) is 0.385. The normalized spacial score (nSPS) is 16.5. The number of hydrogen-bond donors (Lipinski definition) is 1. The first-order valence-electron chi connectivity index (χ1n) is 5.71. The van der Waals surface area contributed by atoms with Crippen LogP contribution in [0.1, 0.15) is 24.8 Å². The van der Waals surface area contributed by atoms with Crippen LogP contribution in [0.2, 0.25) is 0 Å². The van der Waals surface area contributed by atoms with Crippen molar-refractivity contribution < 1.29 is 13.6 Å². The number of rotatable bonds is 3. The molecule has 94 valence electrons. The number of carbonyl (C=O) groups is 1. The Morgan fingerprint density at radius 3 is 2.67 bits per heavy atom. The topological polar surface area (TPSA) is 52.9 Å². The molecule has 0 unspecified atom stereocenters. The van der Waals surface area contributed by atoms with Gasteiger partial charge in [0.25, 0.3) is 0 Å². The second-order valence-electron chi connectivity index (χ2n) is 4.47. The predicted molar refractivity (Wildman–Crippen MR) is 60.1 cm³/mol. The lowest BCUT2D eigenvalue weighted by atomic mass is 9.69. The zero-order chi connectivity index (χ0) is 13.2. The molecule has 2 rings (SSSR count). The molecule has 0 saturated heterocycles. The quantitative estimate of drug-likeness (QED) is 0.894. The van der Waals surface area contributed by atoms with E-state index in [4.69, 9.17) is 5.26 Å². The van der Waals surface area contributed by atoms with Crippen molar-refractivity contribution in [1.82, 2.24) is 5.32 Å². The standard InChI is InChI=1S/C13H12F2N2O/c14-10-3-2-9(11(15)6-10)7-17-12(18)13(8-16)4-1-5-13/h2-3,6H,1,4-5,7H2,(H,17,18). The lowest BCUT2D eigenvalue weighted by Crippen LogP contribution is -2.44. The van der Waals surface area contributed by atoms with Crippen molar-refractivity contribution in [2.45, 2.75) is 25.8 Å². The van der Waals surface area contributed by atoms with Gasteiger partial charge in [-0.25, -0.2) is 8.78 Å². The molecule has 1 N–H and O–H groups in total. The maximum absolute atomic E-state index is 13.3. The maximum Gasteiger partial charge on any atom is 0.240 e. The van der Waals surface area contributed by atoms with Gasteiger partial charge in [-0.1, -0.05) is 6.07 Å². The van der Waals surface area contributed by atoms with E-state index in [0.717, 1.165) is 18.6 Å². The second-order valence-corrected chi connectivity index (χ2v) is 4.47. The Balaban J connectivity index is 2.00. The average Bonchev–Trinajstić information content (AvgIpc) is 2.27. The summed E-state index contributed by atoms with van der Waals surface area (Å²) in [5, 5.41) is 11.5. The second kappa shape index (κ2) is 4.73. The summed E-state index contributed by atoms with van der Waals surface area (Å²) in [6, 6.07) is 5.19. The number of carbonyl (C=O) groups excluding carboxylic acids is 1. The molecule has 3 nitrogen and oxygen atoms in total. The highest BCUT2D eigenvalue weighted by molar-refractivity contribution is 5.86. The van der Waals surface area contributed by atoms with E-state index in [-0.39, 0.29) is 18.0 Å². The molecule has 1 aromatic rings. The molecule has 0 bridgehead atoms. The lowest BCUT2D eigenvalue weighted by molar-refractivity contribution is -0.131. The van der Waals surface area contributed by atoms with E-state index in [1.54, 1.807) is 0 Å². The van der Waals surface area contributed by atoms with Crippen LogP contribution >= 0.6 is 0 Å². The number of amides is 1. The van der Waals surface area contributed by atoms with Crippen molar-refractivity contribution in [3.05, 3.63) is 35.4 Å². The van der Waals surface area contributed by atoms with Gasteiger partial charge in [-0.3, -0.25) is 4.79 Å². The Morgan fingerprint density at radius 2 is 2.17 bits per heavy atom. The van der Waals surface area contributed by atoms with Gasteiger partial charge in [0.1, 0.15) is 17.0 Å². The van der Waals surface area contributed by atoms with E-state index in [1.165, 1.54) is 6.07 Å². The maximum atomic E-state index is 13.3. The minimum absolute atomic E-state index is 0.0334. The predicted octanol–water partition coefficient (Wildman–Crippen LogP) is 2.27. The number of benzene rings is 1. The third-order valence-electron chi connectivity index (χ3n) is 3.31. The van der Waals surface area contributed by atoms with Gasteiger partial charge >= 0.3 is 0 Å². The summed E-state index contributed by atoms with van der Waals surface area (Å²) in [4.78, 5) is 11.8. The summed E-state index contributed by atoms with van der Waals surface area (Å²) in [6.45, 7) is -0.0334. The molecule has 1 aliphatic carbocycles. The van der Waals surface area contributed by atoms with Crippen LogP contribution in [0, 0.1) is 28.4 Å². The molecule has 0 aromatic heterocycles. The molecule has 1 amide bonds. The van der Waals surface area contributed by atoms with Crippen LogP contribution in [0.4, 0.5) is 8.78 Å². The van der Waals surface area contributed by atoms with E-state index in [0.29, 0.717) is 12.8 Å². The Kier molecular flexibility index (Phi) is 3.28. The first-order chi connectivity index (χ1) is 8.57. The van der Waals surface area contributed by atoms with Gasteiger partial charge in [-0.05, 0) is 25.3 Å². The van der Waals surface area contributed by atoms with Gasteiger partial charge in [0, 0.05) is 18.2 Å². The van der Waals surface area contributed by atoms with Crippen LogP contribution in [0.3, 0.4) is 0 Å². The molecule has 0 radical (unpaired) electrons. The van der Waals surface area contributed by atoms with Gasteiger partial charge in [-0.15, -0.1) is 0 Å². The van der Waals surface area contributed by atoms with Crippen LogP contribution in [-0.4, -0.2) is 5.91 Å². The molecule has 5 heteroatoms. The van der Waals surface area contributed by atoms with Crippen molar-refractivity contribution >= 4 is 5.91 Å². The molecule has 0 aliphatic heterocycles. The first kappa shape index (κ1) is 12.5. The Bertz CT molecular complexity index is 518. The smallest absolute Gasteiger partial charge is 0.240 e. The summed E-state index contributed by atoms with van der Waals surface area (Å²) in [5.74, 6) is -1.73. The molecule has 1 aliphatic rings. The summed E-state index contributed by atoms with van der Waals surface area (Å²) >= 11 is 0. The Labute approximate surface area is 103 Å². The Morgan fingerprint density at radius 1 is 1.44 bits per heavy atom. The zero-order valence-electron chi connectivity index (χ0n) is 9.67. The van der Waals surface area contributed by atoms with Gasteiger partial charge in [-0.2, -0.15) is 5.26 Å². The van der Waals surface area contributed by atoms with Crippen LogP contribution in [-0.2, 0) is 11.3 Å². The molecule has 1 fully saturated rings. The van der Waals surface area contributed by atoms with Crippen LogP contribution in [0.25, 0.3) is 0 Å². The molecule has 0 atom stereocenters. The number of nitrogens with one attached hydrogen (secondary N) is 1. The number of hydrogen-bond acceptors (Lipinski definition) is 2. The zero-order valence-corrected chi connectivity index (χ0v) is 9.67. The fourth-order valence-corrected chi connectivity index (χ4v) is 1.93. The highest BCUT2D eigenvalue weighted by Gasteiger charge is 2.44. The molecule has 0 heterocycles. The monoisotopic (exact) mass is 250 g/mol. The third-order valence-corrected chi connectivity index (χ3v) is 3.31. The van der Waals surface area contributed by atoms with Crippen LogP contribution < -0.4 is 5.32 Å². The largest absolute Gasteiger partial charge is 0.351 e. The van der Waals surface area contributed by atoms with E-state index in [9.17, 15) is 13.6 Å². The number of halogens is 2. The van der Waals surface area contributed by atoms with Gasteiger partial charge < -0.3 is 5.32 Å². The molecule has 18 heavy (non-hydrogen) atoms. The van der Waals surface area contributed by atoms with E-state index in [2.05, 4.69) is 5.32 Å². The highest BCUT2D eigenvalue weighted by atomic mass is 19.1. The van der Waals surface area contributed by atoms with Gasteiger partial charge in [0.05, 0.1) is 6.07 Å². The summed E-state index contributed by atoms with van der Waals surface area (Å²) in [7, 11) is 0. The third kappa shape index (κ3) is 2.19. The summed E-state index contributed by atoms with van der Waals surface area (Å²) in [5.41, 5.74) is -0.742. The van der Waals surface area contributed by atoms with E-state index >= 15 is 0 Å². The van der Waals surface area contributed by atoms with Crippen molar-refractivity contribution in [1.29, 1.82) is 5.26 Å². The van der Waals surface area contributed by atoms with E-state index in [1.807, 2.05) is 6.07 Å². The lowest BCUT2D eigenvalue weighted by Gasteiger charge is -2.33. The molecular weight excluding hydrogens is 238 g/mol. The minimum atomic E-state index is -0.948. The molecule has 0 spiro atoms. The van der Waals surface area contributed by atoms with Gasteiger partial charge in [0.15, 0.2) is 0 Å². The molecule has 1 saturated carbocycles. The van der Waals surface area contributed by atoms with E-state index < -0.39 is 17.0 Å². The highest BCUT2D eigenvalue weighted by Crippen LogP contribution is 2.40. The summed E-state index contributed by atoms with van der Waals surface area (Å²) < 4.78 is 26.0. The van der Waals surface area contributed by atoms with Gasteiger partial charge in [0.2, 0.25) is 5.91 Å². The Hall–Kier alpha value is -1.96.